The summed E-state index contributed by atoms with van der Waals surface area (Å²) in [6.45, 7) is 4.35. The first-order valence-corrected chi connectivity index (χ1v) is 7.12. The molecule has 3 heteroatoms. The topological polar surface area (TPSA) is 38.7 Å². The third-order valence-corrected chi connectivity index (χ3v) is 4.02. The standard InChI is InChI=1S/C17H24O3/c1-11-7-12(2)9-14(8-11)17(18)13-5-6-15(19-3)16(10-13)20-4/h5-7,10-11,14,17-18H,8-9H2,1-4H3. The van der Waals surface area contributed by atoms with Gasteiger partial charge < -0.3 is 14.6 Å². The molecule has 0 spiro atoms. The van der Waals surface area contributed by atoms with Crippen molar-refractivity contribution >= 4 is 0 Å². The molecular formula is C17H24O3. The minimum Gasteiger partial charge on any atom is -0.493 e. The minimum atomic E-state index is -0.457. The van der Waals surface area contributed by atoms with Gasteiger partial charge in [0, 0.05) is 0 Å². The fraction of sp³-hybridized carbons (Fsp3) is 0.529. The molecule has 20 heavy (non-hydrogen) atoms. The number of ether oxygens (including phenoxy) is 2. The van der Waals surface area contributed by atoms with Crippen molar-refractivity contribution in [3.05, 3.63) is 35.4 Å². The molecular weight excluding hydrogens is 252 g/mol. The SMILES string of the molecule is COc1ccc(C(O)C2CC(C)=CC(C)C2)cc1OC. The van der Waals surface area contributed by atoms with E-state index in [1.165, 1.54) is 5.57 Å². The van der Waals surface area contributed by atoms with E-state index in [-0.39, 0.29) is 5.92 Å². The summed E-state index contributed by atoms with van der Waals surface area (Å²) in [5, 5.41) is 10.6. The van der Waals surface area contributed by atoms with E-state index in [1.807, 2.05) is 18.2 Å². The Hall–Kier alpha value is -1.48. The smallest absolute Gasteiger partial charge is 0.161 e. The van der Waals surface area contributed by atoms with Crippen molar-refractivity contribution in [1.29, 1.82) is 0 Å². The van der Waals surface area contributed by atoms with Gasteiger partial charge in [-0.3, -0.25) is 0 Å². The number of aliphatic hydroxyl groups excluding tert-OH is 1. The molecule has 1 N–H and O–H groups in total. The molecule has 1 aromatic carbocycles. The Balaban J connectivity index is 2.21. The van der Waals surface area contributed by atoms with E-state index in [9.17, 15) is 5.11 Å². The van der Waals surface area contributed by atoms with Gasteiger partial charge in [-0.1, -0.05) is 24.6 Å². The molecule has 0 amide bonds. The van der Waals surface area contributed by atoms with Crippen LogP contribution in [0.1, 0.15) is 38.4 Å². The van der Waals surface area contributed by atoms with Crippen LogP contribution in [0, 0.1) is 11.8 Å². The molecule has 3 unspecified atom stereocenters. The van der Waals surface area contributed by atoms with Crippen LogP contribution in [0.5, 0.6) is 11.5 Å². The highest BCUT2D eigenvalue weighted by molar-refractivity contribution is 5.43. The summed E-state index contributed by atoms with van der Waals surface area (Å²) in [5.41, 5.74) is 2.27. The van der Waals surface area contributed by atoms with Crippen molar-refractivity contribution in [3.63, 3.8) is 0 Å². The second-order valence-corrected chi connectivity index (χ2v) is 5.75. The molecule has 1 aliphatic rings. The normalized spacial score (nSPS) is 23.9. The van der Waals surface area contributed by atoms with Crippen LogP contribution in [0.15, 0.2) is 29.8 Å². The molecule has 0 radical (unpaired) electrons. The Labute approximate surface area is 121 Å². The predicted octanol–water partition coefficient (Wildman–Crippen LogP) is 3.73. The van der Waals surface area contributed by atoms with Crippen LogP contribution in [-0.4, -0.2) is 19.3 Å². The van der Waals surface area contributed by atoms with Crippen LogP contribution >= 0.6 is 0 Å². The van der Waals surface area contributed by atoms with E-state index in [2.05, 4.69) is 19.9 Å². The van der Waals surface area contributed by atoms with Crippen molar-refractivity contribution in [1.82, 2.24) is 0 Å². The molecule has 3 nitrogen and oxygen atoms in total. The molecule has 0 aromatic heterocycles. The van der Waals surface area contributed by atoms with Crippen LogP contribution in [-0.2, 0) is 0 Å². The van der Waals surface area contributed by atoms with E-state index in [1.54, 1.807) is 14.2 Å². The zero-order valence-electron chi connectivity index (χ0n) is 12.7. The second-order valence-electron chi connectivity index (χ2n) is 5.75. The quantitative estimate of drug-likeness (QED) is 0.852. The van der Waals surface area contributed by atoms with Gasteiger partial charge in [-0.2, -0.15) is 0 Å². The molecule has 0 bridgehead atoms. The number of rotatable bonds is 4. The monoisotopic (exact) mass is 276 g/mol. The van der Waals surface area contributed by atoms with Crippen molar-refractivity contribution in [2.45, 2.75) is 32.8 Å². The summed E-state index contributed by atoms with van der Waals surface area (Å²) >= 11 is 0. The molecule has 0 saturated carbocycles. The van der Waals surface area contributed by atoms with Gasteiger partial charge in [0.25, 0.3) is 0 Å². The van der Waals surface area contributed by atoms with Gasteiger partial charge in [-0.15, -0.1) is 0 Å². The Kier molecular flexibility index (Phi) is 4.71. The van der Waals surface area contributed by atoms with Gasteiger partial charge in [-0.25, -0.2) is 0 Å². The average molecular weight is 276 g/mol. The number of methoxy groups -OCH3 is 2. The van der Waals surface area contributed by atoms with Gasteiger partial charge in [0.05, 0.1) is 20.3 Å². The summed E-state index contributed by atoms with van der Waals surface area (Å²) in [7, 11) is 3.23. The molecule has 1 aromatic rings. The molecule has 0 aliphatic heterocycles. The van der Waals surface area contributed by atoms with Gasteiger partial charge in [-0.05, 0) is 49.3 Å². The Bertz CT molecular complexity index is 493. The van der Waals surface area contributed by atoms with Crippen LogP contribution in [0.25, 0.3) is 0 Å². The highest BCUT2D eigenvalue weighted by Gasteiger charge is 2.26. The van der Waals surface area contributed by atoms with E-state index in [0.29, 0.717) is 17.4 Å². The van der Waals surface area contributed by atoms with Crippen LogP contribution in [0.4, 0.5) is 0 Å². The Morgan fingerprint density at radius 2 is 1.90 bits per heavy atom. The second kappa shape index (κ2) is 6.31. The lowest BCUT2D eigenvalue weighted by atomic mass is 9.79. The summed E-state index contributed by atoms with van der Waals surface area (Å²) < 4.78 is 10.5. The maximum Gasteiger partial charge on any atom is 0.161 e. The maximum atomic E-state index is 10.6. The number of allylic oxidation sites excluding steroid dienone is 2. The van der Waals surface area contributed by atoms with Crippen LogP contribution in [0.3, 0.4) is 0 Å². The lowest BCUT2D eigenvalue weighted by Crippen LogP contribution is -2.19. The molecule has 2 rings (SSSR count). The van der Waals surface area contributed by atoms with E-state index in [0.717, 1.165) is 18.4 Å². The molecule has 110 valence electrons. The first-order valence-electron chi connectivity index (χ1n) is 7.12. The molecule has 0 heterocycles. The largest absolute Gasteiger partial charge is 0.493 e. The molecule has 1 aliphatic carbocycles. The summed E-state index contributed by atoms with van der Waals surface area (Å²) in [4.78, 5) is 0. The zero-order valence-corrected chi connectivity index (χ0v) is 12.7. The lowest BCUT2D eigenvalue weighted by molar-refractivity contribution is 0.0929. The summed E-state index contributed by atoms with van der Waals surface area (Å²) in [5.74, 6) is 2.16. The van der Waals surface area contributed by atoms with Crippen molar-refractivity contribution in [2.24, 2.45) is 11.8 Å². The summed E-state index contributed by atoms with van der Waals surface area (Å²) in [6, 6.07) is 5.65. The van der Waals surface area contributed by atoms with E-state index in [4.69, 9.17) is 9.47 Å². The van der Waals surface area contributed by atoms with Crippen molar-refractivity contribution in [2.75, 3.05) is 14.2 Å². The predicted molar refractivity (Wildman–Crippen MR) is 80.2 cm³/mol. The van der Waals surface area contributed by atoms with Crippen LogP contribution < -0.4 is 9.47 Å². The van der Waals surface area contributed by atoms with E-state index < -0.39 is 6.10 Å². The minimum absolute atomic E-state index is 0.271. The lowest BCUT2D eigenvalue weighted by Gasteiger charge is -2.29. The van der Waals surface area contributed by atoms with Gasteiger partial charge in [0.2, 0.25) is 0 Å². The number of aliphatic hydroxyl groups is 1. The highest BCUT2D eigenvalue weighted by atomic mass is 16.5. The first kappa shape index (κ1) is 14.9. The molecule has 0 saturated heterocycles. The van der Waals surface area contributed by atoms with E-state index >= 15 is 0 Å². The van der Waals surface area contributed by atoms with Gasteiger partial charge >= 0.3 is 0 Å². The third kappa shape index (κ3) is 3.15. The maximum absolute atomic E-state index is 10.6. The average Bonchev–Trinajstić information content (AvgIpc) is 2.44. The first-order chi connectivity index (χ1) is 9.55. The fourth-order valence-corrected chi connectivity index (χ4v) is 3.15. The Morgan fingerprint density at radius 3 is 2.50 bits per heavy atom. The number of hydrogen-bond donors (Lipinski definition) is 1. The summed E-state index contributed by atoms with van der Waals surface area (Å²) in [6.07, 6.45) is 3.82. The fourth-order valence-electron chi connectivity index (χ4n) is 3.15. The van der Waals surface area contributed by atoms with Crippen molar-refractivity contribution in [3.8, 4) is 11.5 Å². The van der Waals surface area contributed by atoms with Crippen molar-refractivity contribution < 1.29 is 14.6 Å². The van der Waals surface area contributed by atoms with Gasteiger partial charge in [0.15, 0.2) is 11.5 Å². The van der Waals surface area contributed by atoms with Gasteiger partial charge in [0.1, 0.15) is 0 Å². The molecule has 3 atom stereocenters. The van der Waals surface area contributed by atoms with Crippen LogP contribution in [0.2, 0.25) is 0 Å². The zero-order chi connectivity index (χ0) is 14.7. The Morgan fingerprint density at radius 1 is 1.20 bits per heavy atom. The third-order valence-electron chi connectivity index (χ3n) is 4.02. The highest BCUT2D eigenvalue weighted by Crippen LogP contribution is 2.39. The number of benzene rings is 1. The molecule has 0 fully saturated rings. The number of hydrogen-bond acceptors (Lipinski definition) is 3.